The Labute approximate surface area is 119 Å². The lowest BCUT2D eigenvalue weighted by Gasteiger charge is -2.13. The Kier molecular flexibility index (Phi) is 6.62. The van der Waals surface area contributed by atoms with Crippen molar-refractivity contribution in [2.75, 3.05) is 25.6 Å². The van der Waals surface area contributed by atoms with Gasteiger partial charge in [0.2, 0.25) is 9.05 Å². The average molecular weight is 307 g/mol. The van der Waals surface area contributed by atoms with Crippen LogP contribution in [0.1, 0.15) is 25.3 Å². The zero-order valence-corrected chi connectivity index (χ0v) is 12.7. The van der Waals surface area contributed by atoms with Crippen LogP contribution in [0.5, 0.6) is 5.75 Å². The molecule has 0 N–H and O–H groups in total. The molecular weight excluding hydrogens is 288 g/mol. The summed E-state index contributed by atoms with van der Waals surface area (Å²) in [6.45, 7) is 5.00. The molecule has 0 unspecified atom stereocenters. The van der Waals surface area contributed by atoms with Crippen molar-refractivity contribution < 1.29 is 17.9 Å². The summed E-state index contributed by atoms with van der Waals surface area (Å²) in [5.74, 6) is 1.04. The highest BCUT2D eigenvalue weighted by atomic mass is 35.7. The Balaban J connectivity index is 2.30. The monoisotopic (exact) mass is 306 g/mol. The second-order valence-corrected chi connectivity index (χ2v) is 7.29. The molecule has 19 heavy (non-hydrogen) atoms. The van der Waals surface area contributed by atoms with Crippen molar-refractivity contribution in [3.8, 4) is 5.75 Å². The van der Waals surface area contributed by atoms with Crippen molar-refractivity contribution in [1.82, 2.24) is 0 Å². The Morgan fingerprint density at radius 1 is 1.16 bits per heavy atom. The summed E-state index contributed by atoms with van der Waals surface area (Å²) in [5.41, 5.74) is 1.14. The summed E-state index contributed by atoms with van der Waals surface area (Å²) in [5, 5.41) is 0. The predicted octanol–water partition coefficient (Wildman–Crippen LogP) is 2.77. The Hall–Kier alpha value is -0.780. The molecule has 0 saturated carbocycles. The van der Waals surface area contributed by atoms with E-state index in [9.17, 15) is 8.42 Å². The smallest absolute Gasteiger partial charge is 0.234 e. The zero-order chi connectivity index (χ0) is 14.3. The number of benzene rings is 1. The number of ether oxygens (including phenoxy) is 2. The highest BCUT2D eigenvalue weighted by molar-refractivity contribution is 8.13. The van der Waals surface area contributed by atoms with Crippen molar-refractivity contribution in [2.45, 2.75) is 19.8 Å². The predicted molar refractivity (Wildman–Crippen MR) is 76.5 cm³/mol. The van der Waals surface area contributed by atoms with E-state index in [1.807, 2.05) is 24.3 Å². The molecule has 0 atom stereocenters. The van der Waals surface area contributed by atoms with Gasteiger partial charge in [-0.3, -0.25) is 0 Å². The van der Waals surface area contributed by atoms with Gasteiger partial charge in [0, 0.05) is 10.7 Å². The normalized spacial score (nSPS) is 11.8. The molecule has 0 saturated heterocycles. The fraction of sp³-hybridized carbons (Fsp3) is 0.538. The highest BCUT2D eigenvalue weighted by Gasteiger charge is 2.07. The van der Waals surface area contributed by atoms with Gasteiger partial charge in [0.1, 0.15) is 12.4 Å². The highest BCUT2D eigenvalue weighted by Crippen LogP contribution is 2.25. The topological polar surface area (TPSA) is 52.6 Å². The van der Waals surface area contributed by atoms with Crippen LogP contribution in [0.15, 0.2) is 24.3 Å². The van der Waals surface area contributed by atoms with Gasteiger partial charge in [-0.15, -0.1) is 0 Å². The molecule has 0 amide bonds. The first kappa shape index (κ1) is 16.3. The third-order valence-corrected chi connectivity index (χ3v) is 3.61. The molecule has 1 aromatic rings. The number of rotatable bonds is 8. The molecule has 108 valence electrons. The van der Waals surface area contributed by atoms with Gasteiger partial charge in [-0.25, -0.2) is 8.42 Å². The van der Waals surface area contributed by atoms with Gasteiger partial charge in [-0.05, 0) is 17.5 Å². The largest absolute Gasteiger partial charge is 0.491 e. The average Bonchev–Trinajstić information content (AvgIpc) is 2.32. The van der Waals surface area contributed by atoms with E-state index in [2.05, 4.69) is 13.8 Å². The molecule has 0 spiro atoms. The van der Waals surface area contributed by atoms with Crippen molar-refractivity contribution in [1.29, 1.82) is 0 Å². The van der Waals surface area contributed by atoms with E-state index in [1.165, 1.54) is 0 Å². The number of para-hydroxylation sites is 1. The number of hydrogen-bond acceptors (Lipinski definition) is 4. The summed E-state index contributed by atoms with van der Waals surface area (Å²) < 4.78 is 32.1. The maximum absolute atomic E-state index is 10.7. The first-order valence-corrected chi connectivity index (χ1v) is 8.60. The minimum absolute atomic E-state index is 0.0843. The summed E-state index contributed by atoms with van der Waals surface area (Å²) >= 11 is 0. The van der Waals surface area contributed by atoms with Crippen LogP contribution >= 0.6 is 10.7 Å². The SMILES string of the molecule is CC(C)c1ccccc1OCCOCCS(=O)(=O)Cl. The summed E-state index contributed by atoms with van der Waals surface area (Å²) in [7, 11) is 1.58. The molecule has 6 heteroatoms. The van der Waals surface area contributed by atoms with Crippen molar-refractivity contribution in [3.63, 3.8) is 0 Å². The summed E-state index contributed by atoms with van der Waals surface area (Å²) in [4.78, 5) is 0. The maximum Gasteiger partial charge on any atom is 0.234 e. The van der Waals surface area contributed by atoms with E-state index in [0.717, 1.165) is 11.3 Å². The zero-order valence-electron chi connectivity index (χ0n) is 11.1. The molecule has 4 nitrogen and oxygen atoms in total. The molecule has 0 bridgehead atoms. The first-order valence-electron chi connectivity index (χ1n) is 6.12. The fourth-order valence-corrected chi connectivity index (χ4v) is 2.07. The van der Waals surface area contributed by atoms with E-state index < -0.39 is 9.05 Å². The molecule has 1 rings (SSSR count). The van der Waals surface area contributed by atoms with E-state index in [1.54, 1.807) is 0 Å². The molecule has 0 aliphatic carbocycles. The minimum Gasteiger partial charge on any atom is -0.491 e. The molecule has 0 aliphatic rings. The third-order valence-electron chi connectivity index (χ3n) is 2.50. The van der Waals surface area contributed by atoms with Crippen LogP contribution in [0.4, 0.5) is 0 Å². The van der Waals surface area contributed by atoms with Crippen LogP contribution in [0, 0.1) is 0 Å². The Morgan fingerprint density at radius 2 is 1.84 bits per heavy atom. The van der Waals surface area contributed by atoms with Gasteiger partial charge in [-0.1, -0.05) is 32.0 Å². The molecular formula is C13H19ClO4S. The molecule has 0 radical (unpaired) electrons. The standard InChI is InChI=1S/C13H19ClO4S/c1-11(2)12-5-3-4-6-13(12)18-8-7-17-9-10-19(14,15)16/h3-6,11H,7-10H2,1-2H3. The van der Waals surface area contributed by atoms with Gasteiger partial charge in [0.05, 0.1) is 19.0 Å². The molecule has 1 aromatic carbocycles. The lowest BCUT2D eigenvalue weighted by molar-refractivity contribution is 0.111. The molecule has 0 fully saturated rings. The van der Waals surface area contributed by atoms with Gasteiger partial charge in [0.25, 0.3) is 0 Å². The second kappa shape index (κ2) is 7.72. The van der Waals surface area contributed by atoms with E-state index in [4.69, 9.17) is 20.2 Å². The second-order valence-electron chi connectivity index (χ2n) is 4.40. The van der Waals surface area contributed by atoms with Gasteiger partial charge in [-0.2, -0.15) is 0 Å². The lowest BCUT2D eigenvalue weighted by atomic mass is 10.0. The van der Waals surface area contributed by atoms with E-state index in [-0.39, 0.29) is 12.4 Å². The fourth-order valence-electron chi connectivity index (χ4n) is 1.56. The van der Waals surface area contributed by atoms with Crippen LogP contribution in [-0.2, 0) is 13.8 Å². The summed E-state index contributed by atoms with van der Waals surface area (Å²) in [6, 6.07) is 7.84. The molecule has 0 heterocycles. The molecule has 0 aliphatic heterocycles. The lowest BCUT2D eigenvalue weighted by Crippen LogP contribution is -2.12. The van der Waals surface area contributed by atoms with E-state index in [0.29, 0.717) is 19.1 Å². The van der Waals surface area contributed by atoms with Gasteiger partial charge < -0.3 is 9.47 Å². The van der Waals surface area contributed by atoms with Crippen LogP contribution in [0.25, 0.3) is 0 Å². The Morgan fingerprint density at radius 3 is 2.47 bits per heavy atom. The number of hydrogen-bond donors (Lipinski definition) is 0. The van der Waals surface area contributed by atoms with Gasteiger partial charge >= 0.3 is 0 Å². The molecule has 0 aromatic heterocycles. The van der Waals surface area contributed by atoms with Crippen molar-refractivity contribution >= 4 is 19.7 Å². The Bertz CT molecular complexity index is 485. The first-order chi connectivity index (χ1) is 8.90. The summed E-state index contributed by atoms with van der Waals surface area (Å²) in [6.07, 6.45) is 0. The van der Waals surface area contributed by atoms with Crippen LogP contribution < -0.4 is 4.74 Å². The van der Waals surface area contributed by atoms with Gasteiger partial charge in [0.15, 0.2) is 0 Å². The van der Waals surface area contributed by atoms with Crippen molar-refractivity contribution in [3.05, 3.63) is 29.8 Å². The maximum atomic E-state index is 10.7. The van der Waals surface area contributed by atoms with Crippen LogP contribution in [-0.4, -0.2) is 34.0 Å². The van der Waals surface area contributed by atoms with E-state index >= 15 is 0 Å². The quantitative estimate of drug-likeness (QED) is 0.547. The number of halogens is 1. The van der Waals surface area contributed by atoms with Crippen LogP contribution in [0.2, 0.25) is 0 Å². The van der Waals surface area contributed by atoms with Crippen molar-refractivity contribution in [2.24, 2.45) is 0 Å². The third kappa shape index (κ3) is 6.80. The minimum atomic E-state index is -3.48. The van der Waals surface area contributed by atoms with Crippen LogP contribution in [0.3, 0.4) is 0 Å².